The van der Waals surface area contributed by atoms with E-state index in [0.29, 0.717) is 5.82 Å². The SMILES string of the molecule is Cc1nc(C(C)(C)C)c(N)n1N. The third-order valence-corrected chi connectivity index (χ3v) is 1.83. The first-order valence-electron chi connectivity index (χ1n) is 3.94. The molecule has 0 aliphatic carbocycles. The van der Waals surface area contributed by atoms with E-state index in [1.165, 1.54) is 4.68 Å². The second-order valence-corrected chi connectivity index (χ2v) is 4.01. The highest BCUT2D eigenvalue weighted by molar-refractivity contribution is 5.42. The van der Waals surface area contributed by atoms with E-state index in [4.69, 9.17) is 11.6 Å². The third-order valence-electron chi connectivity index (χ3n) is 1.83. The Labute approximate surface area is 72.5 Å². The molecule has 0 saturated carbocycles. The molecule has 68 valence electrons. The summed E-state index contributed by atoms with van der Waals surface area (Å²) in [6.07, 6.45) is 0. The van der Waals surface area contributed by atoms with Crippen LogP contribution in [0.3, 0.4) is 0 Å². The van der Waals surface area contributed by atoms with Crippen LogP contribution in [0.1, 0.15) is 32.3 Å². The fourth-order valence-corrected chi connectivity index (χ4v) is 1.11. The molecule has 0 bridgehead atoms. The Bertz CT molecular complexity index is 293. The van der Waals surface area contributed by atoms with E-state index < -0.39 is 0 Å². The van der Waals surface area contributed by atoms with Crippen molar-refractivity contribution in [1.82, 2.24) is 9.66 Å². The summed E-state index contributed by atoms with van der Waals surface area (Å²) in [5.41, 5.74) is 6.59. The van der Waals surface area contributed by atoms with Gasteiger partial charge in [-0.15, -0.1) is 0 Å². The molecular formula is C8H16N4. The molecule has 0 unspecified atom stereocenters. The fraction of sp³-hybridized carbons (Fsp3) is 0.625. The van der Waals surface area contributed by atoms with Crippen LogP contribution in [0.4, 0.5) is 5.82 Å². The van der Waals surface area contributed by atoms with Gasteiger partial charge in [0.15, 0.2) is 0 Å². The van der Waals surface area contributed by atoms with Crippen molar-refractivity contribution in [1.29, 1.82) is 0 Å². The topological polar surface area (TPSA) is 69.9 Å². The van der Waals surface area contributed by atoms with Gasteiger partial charge < -0.3 is 11.6 Å². The van der Waals surface area contributed by atoms with Gasteiger partial charge in [0.25, 0.3) is 0 Å². The van der Waals surface area contributed by atoms with Gasteiger partial charge in [0.05, 0.1) is 5.69 Å². The lowest BCUT2D eigenvalue weighted by Crippen LogP contribution is -2.17. The molecule has 4 nitrogen and oxygen atoms in total. The Morgan fingerprint density at radius 1 is 1.33 bits per heavy atom. The second-order valence-electron chi connectivity index (χ2n) is 4.01. The van der Waals surface area contributed by atoms with Gasteiger partial charge in [-0.2, -0.15) is 0 Å². The molecule has 0 aliphatic heterocycles. The minimum atomic E-state index is -0.0422. The van der Waals surface area contributed by atoms with Gasteiger partial charge in [0, 0.05) is 5.41 Å². The summed E-state index contributed by atoms with van der Waals surface area (Å²) in [4.78, 5) is 4.29. The monoisotopic (exact) mass is 168 g/mol. The standard InChI is InChI=1S/C8H16N4/c1-5-11-6(8(2,3)4)7(9)12(5)10/h9-10H2,1-4H3. The Balaban J connectivity index is 3.28. The van der Waals surface area contributed by atoms with E-state index in [1.807, 2.05) is 6.92 Å². The summed E-state index contributed by atoms with van der Waals surface area (Å²) in [7, 11) is 0. The van der Waals surface area contributed by atoms with Gasteiger partial charge >= 0.3 is 0 Å². The summed E-state index contributed by atoms with van der Waals surface area (Å²) in [6.45, 7) is 8.02. The molecule has 12 heavy (non-hydrogen) atoms. The molecule has 1 heterocycles. The van der Waals surface area contributed by atoms with E-state index in [2.05, 4.69) is 25.8 Å². The Kier molecular flexibility index (Phi) is 1.78. The maximum absolute atomic E-state index is 5.77. The summed E-state index contributed by atoms with van der Waals surface area (Å²) in [6, 6.07) is 0. The van der Waals surface area contributed by atoms with Crippen LogP contribution in [0.2, 0.25) is 0 Å². The Morgan fingerprint density at radius 2 is 1.83 bits per heavy atom. The van der Waals surface area contributed by atoms with E-state index in [-0.39, 0.29) is 5.41 Å². The minimum absolute atomic E-state index is 0.0422. The number of nitrogen functional groups attached to an aromatic ring is 2. The maximum atomic E-state index is 5.77. The van der Waals surface area contributed by atoms with Crippen molar-refractivity contribution in [3.05, 3.63) is 11.5 Å². The van der Waals surface area contributed by atoms with Gasteiger partial charge in [-0.1, -0.05) is 20.8 Å². The van der Waals surface area contributed by atoms with Gasteiger partial charge in [0.1, 0.15) is 11.6 Å². The number of hydrogen-bond acceptors (Lipinski definition) is 3. The summed E-state index contributed by atoms with van der Waals surface area (Å²) in [5, 5.41) is 0. The highest BCUT2D eigenvalue weighted by Gasteiger charge is 2.22. The molecular weight excluding hydrogens is 152 g/mol. The first-order chi connectivity index (χ1) is 5.34. The van der Waals surface area contributed by atoms with E-state index >= 15 is 0 Å². The normalized spacial score (nSPS) is 12.0. The highest BCUT2D eigenvalue weighted by Crippen LogP contribution is 2.26. The van der Waals surface area contributed by atoms with Crippen molar-refractivity contribution in [2.24, 2.45) is 0 Å². The summed E-state index contributed by atoms with van der Waals surface area (Å²) < 4.78 is 1.42. The zero-order chi connectivity index (χ0) is 9.52. The minimum Gasteiger partial charge on any atom is -0.382 e. The zero-order valence-corrected chi connectivity index (χ0v) is 8.05. The van der Waals surface area contributed by atoms with Crippen molar-refractivity contribution >= 4 is 5.82 Å². The Hall–Kier alpha value is -1.19. The lowest BCUT2D eigenvalue weighted by molar-refractivity contribution is 0.573. The number of nitrogens with zero attached hydrogens (tertiary/aromatic N) is 2. The molecule has 1 rings (SSSR count). The average molecular weight is 168 g/mol. The second kappa shape index (κ2) is 2.40. The fourth-order valence-electron chi connectivity index (χ4n) is 1.11. The summed E-state index contributed by atoms with van der Waals surface area (Å²) in [5.74, 6) is 6.93. The maximum Gasteiger partial charge on any atom is 0.146 e. The molecule has 1 aromatic rings. The van der Waals surface area contributed by atoms with Crippen LogP contribution < -0.4 is 11.6 Å². The molecule has 0 fully saturated rings. The first-order valence-corrected chi connectivity index (χ1v) is 3.94. The molecule has 0 aliphatic rings. The molecule has 0 atom stereocenters. The molecule has 0 radical (unpaired) electrons. The van der Waals surface area contributed by atoms with E-state index in [0.717, 1.165) is 11.5 Å². The van der Waals surface area contributed by atoms with E-state index in [1.54, 1.807) is 0 Å². The van der Waals surface area contributed by atoms with Crippen molar-refractivity contribution in [2.75, 3.05) is 11.6 Å². The van der Waals surface area contributed by atoms with Crippen LogP contribution in [0.25, 0.3) is 0 Å². The molecule has 0 spiro atoms. The largest absolute Gasteiger partial charge is 0.382 e. The quantitative estimate of drug-likeness (QED) is 0.562. The van der Waals surface area contributed by atoms with Gasteiger partial charge in [-0.3, -0.25) is 0 Å². The average Bonchev–Trinajstić information content (AvgIpc) is 2.15. The molecule has 1 aromatic heterocycles. The van der Waals surface area contributed by atoms with Crippen molar-refractivity contribution < 1.29 is 0 Å². The molecule has 4 N–H and O–H groups in total. The number of nitrogens with two attached hydrogens (primary N) is 2. The van der Waals surface area contributed by atoms with Crippen molar-refractivity contribution in [3.63, 3.8) is 0 Å². The number of rotatable bonds is 0. The lowest BCUT2D eigenvalue weighted by Gasteiger charge is -2.15. The van der Waals surface area contributed by atoms with E-state index in [9.17, 15) is 0 Å². The van der Waals surface area contributed by atoms with Crippen LogP contribution in [0.15, 0.2) is 0 Å². The number of hydrogen-bond donors (Lipinski definition) is 2. The molecule has 0 saturated heterocycles. The predicted molar refractivity (Wildman–Crippen MR) is 50.2 cm³/mol. The first kappa shape index (κ1) is 8.90. The number of aryl methyl sites for hydroxylation is 1. The predicted octanol–water partition coefficient (Wildman–Crippen LogP) is 0.785. The van der Waals surface area contributed by atoms with Crippen LogP contribution >= 0.6 is 0 Å². The zero-order valence-electron chi connectivity index (χ0n) is 8.05. The van der Waals surface area contributed by atoms with Gasteiger partial charge in [-0.05, 0) is 6.92 Å². The van der Waals surface area contributed by atoms with Crippen LogP contribution in [-0.4, -0.2) is 9.66 Å². The van der Waals surface area contributed by atoms with Crippen LogP contribution in [-0.2, 0) is 5.41 Å². The Morgan fingerprint density at radius 3 is 2.00 bits per heavy atom. The third kappa shape index (κ3) is 1.24. The van der Waals surface area contributed by atoms with Crippen LogP contribution in [0, 0.1) is 6.92 Å². The number of imidazole rings is 1. The smallest absolute Gasteiger partial charge is 0.146 e. The lowest BCUT2D eigenvalue weighted by atomic mass is 9.92. The van der Waals surface area contributed by atoms with Gasteiger partial charge in [0.2, 0.25) is 0 Å². The van der Waals surface area contributed by atoms with Crippen LogP contribution in [0.5, 0.6) is 0 Å². The highest BCUT2D eigenvalue weighted by atomic mass is 15.4. The number of aromatic nitrogens is 2. The van der Waals surface area contributed by atoms with Crippen molar-refractivity contribution in [3.8, 4) is 0 Å². The van der Waals surface area contributed by atoms with Gasteiger partial charge in [-0.25, -0.2) is 9.66 Å². The number of anilines is 1. The molecule has 0 amide bonds. The molecule has 0 aromatic carbocycles. The molecule has 4 heteroatoms. The van der Waals surface area contributed by atoms with Crippen molar-refractivity contribution in [2.45, 2.75) is 33.1 Å². The summed E-state index contributed by atoms with van der Waals surface area (Å²) >= 11 is 0.